The third kappa shape index (κ3) is 7.41. The van der Waals surface area contributed by atoms with Gasteiger partial charge in [-0.3, -0.25) is 4.79 Å². The fourth-order valence-corrected chi connectivity index (χ4v) is 3.33. The molecule has 0 heterocycles. The highest BCUT2D eigenvalue weighted by atomic mass is 32.2. The van der Waals surface area contributed by atoms with Gasteiger partial charge in [0.2, 0.25) is 0 Å². The zero-order valence-electron chi connectivity index (χ0n) is 14.5. The van der Waals surface area contributed by atoms with Gasteiger partial charge in [-0.05, 0) is 51.5 Å². The minimum absolute atomic E-state index is 0.0362. The van der Waals surface area contributed by atoms with E-state index in [1.807, 2.05) is 0 Å². The van der Waals surface area contributed by atoms with Gasteiger partial charge in [-0.25, -0.2) is 8.42 Å². The van der Waals surface area contributed by atoms with Gasteiger partial charge in [0.25, 0.3) is 0 Å². The molecule has 2 N–H and O–H groups in total. The summed E-state index contributed by atoms with van der Waals surface area (Å²) in [4.78, 5) is 12.0. The van der Waals surface area contributed by atoms with Crippen molar-refractivity contribution in [3.05, 3.63) is 0 Å². The van der Waals surface area contributed by atoms with Gasteiger partial charge >= 0.3 is 0 Å². The van der Waals surface area contributed by atoms with Crippen LogP contribution in [0.1, 0.15) is 67.2 Å². The maximum absolute atomic E-state index is 12.0. The van der Waals surface area contributed by atoms with E-state index >= 15 is 0 Å². The minimum Gasteiger partial charge on any atom is -0.330 e. The minimum atomic E-state index is -3.21. The molecule has 0 aromatic carbocycles. The molecule has 4 nitrogen and oxygen atoms in total. The molecule has 0 aliphatic carbocycles. The first-order valence-corrected chi connectivity index (χ1v) is 9.40. The van der Waals surface area contributed by atoms with E-state index in [9.17, 15) is 13.2 Å². The van der Waals surface area contributed by atoms with Crippen molar-refractivity contribution in [1.82, 2.24) is 0 Å². The van der Waals surface area contributed by atoms with Crippen molar-refractivity contribution < 1.29 is 13.2 Å². The predicted molar refractivity (Wildman–Crippen MR) is 89.0 cm³/mol. The number of nitrogens with two attached hydrogens (primary N) is 1. The molecule has 0 saturated heterocycles. The van der Waals surface area contributed by atoms with Crippen molar-refractivity contribution in [3.63, 3.8) is 0 Å². The molecular weight excluding hydrogens is 286 g/mol. The first kappa shape index (κ1) is 20.6. The van der Waals surface area contributed by atoms with Crippen molar-refractivity contribution in [3.8, 4) is 0 Å². The summed E-state index contributed by atoms with van der Waals surface area (Å²) in [5, 5.41) is 0. The quantitative estimate of drug-likeness (QED) is 0.746. The highest BCUT2D eigenvalue weighted by Gasteiger charge is 2.29. The molecule has 126 valence electrons. The first-order chi connectivity index (χ1) is 9.31. The summed E-state index contributed by atoms with van der Waals surface area (Å²) in [6.45, 7) is 12.1. The highest BCUT2D eigenvalue weighted by molar-refractivity contribution is 7.92. The molecule has 0 aliphatic heterocycles. The van der Waals surface area contributed by atoms with Crippen LogP contribution in [-0.2, 0) is 14.6 Å². The van der Waals surface area contributed by atoms with Crippen LogP contribution in [0.15, 0.2) is 0 Å². The zero-order valence-corrected chi connectivity index (χ0v) is 15.3. The lowest BCUT2D eigenvalue weighted by atomic mass is 9.76. The van der Waals surface area contributed by atoms with Crippen LogP contribution in [0.2, 0.25) is 0 Å². The monoisotopic (exact) mass is 319 g/mol. The summed E-state index contributed by atoms with van der Waals surface area (Å²) >= 11 is 0. The second kappa shape index (κ2) is 7.73. The maximum Gasteiger partial charge on any atom is 0.155 e. The second-order valence-electron chi connectivity index (χ2n) is 7.90. The lowest BCUT2D eigenvalue weighted by Crippen LogP contribution is -2.31. The first-order valence-electron chi connectivity index (χ1n) is 7.75. The Morgan fingerprint density at radius 1 is 1.00 bits per heavy atom. The highest BCUT2D eigenvalue weighted by Crippen LogP contribution is 2.32. The molecule has 0 fully saturated rings. The average Bonchev–Trinajstić information content (AvgIpc) is 2.29. The summed E-state index contributed by atoms with van der Waals surface area (Å²) in [6.07, 6.45) is 2.26. The lowest BCUT2D eigenvalue weighted by molar-refractivity contribution is -0.119. The van der Waals surface area contributed by atoms with Crippen LogP contribution in [0.5, 0.6) is 0 Å². The molecule has 0 radical (unpaired) electrons. The summed E-state index contributed by atoms with van der Waals surface area (Å²) < 4.78 is 23.2. The van der Waals surface area contributed by atoms with Gasteiger partial charge < -0.3 is 5.73 Å². The molecule has 0 rings (SSSR count). The molecule has 0 aromatic rings. The Balaban J connectivity index is 4.40. The molecule has 0 aromatic heterocycles. The third-order valence-corrected chi connectivity index (χ3v) is 6.70. The van der Waals surface area contributed by atoms with E-state index in [0.717, 1.165) is 12.8 Å². The van der Waals surface area contributed by atoms with Crippen molar-refractivity contribution in [2.75, 3.05) is 12.3 Å². The third-order valence-electron chi connectivity index (χ3n) is 4.09. The van der Waals surface area contributed by atoms with Crippen LogP contribution >= 0.6 is 0 Å². The smallest absolute Gasteiger partial charge is 0.155 e. The number of rotatable bonds is 8. The van der Waals surface area contributed by atoms with Gasteiger partial charge in [-0.2, -0.15) is 0 Å². The number of carbonyl (C=O) groups is 1. The number of Topliss-reactive ketones (excluding diaryl/α,β-unsaturated/α-hetero) is 1. The molecule has 0 spiro atoms. The van der Waals surface area contributed by atoms with Crippen LogP contribution in [0.4, 0.5) is 0 Å². The van der Waals surface area contributed by atoms with Gasteiger partial charge in [-0.1, -0.05) is 20.8 Å². The van der Waals surface area contributed by atoms with Gasteiger partial charge in [0.1, 0.15) is 5.78 Å². The molecule has 0 aliphatic rings. The van der Waals surface area contributed by atoms with Crippen LogP contribution in [0, 0.1) is 11.3 Å². The van der Waals surface area contributed by atoms with Crippen molar-refractivity contribution in [2.24, 2.45) is 17.1 Å². The van der Waals surface area contributed by atoms with Crippen LogP contribution in [-0.4, -0.2) is 31.2 Å². The van der Waals surface area contributed by atoms with E-state index in [4.69, 9.17) is 5.73 Å². The van der Waals surface area contributed by atoms with Crippen molar-refractivity contribution in [1.29, 1.82) is 0 Å². The Labute approximate surface area is 130 Å². The average molecular weight is 320 g/mol. The fraction of sp³-hybridized carbons (Fsp3) is 0.938. The molecule has 0 amide bonds. The molecular formula is C16H33NO3S. The largest absolute Gasteiger partial charge is 0.330 e. The maximum atomic E-state index is 12.0. The Morgan fingerprint density at radius 2 is 1.52 bits per heavy atom. The van der Waals surface area contributed by atoms with Gasteiger partial charge in [0, 0.05) is 12.8 Å². The van der Waals surface area contributed by atoms with E-state index in [1.165, 1.54) is 0 Å². The molecule has 1 atom stereocenters. The zero-order chi connectivity index (χ0) is 16.9. The van der Waals surface area contributed by atoms with Crippen LogP contribution < -0.4 is 5.73 Å². The molecule has 1 unspecified atom stereocenters. The Kier molecular flexibility index (Phi) is 7.57. The van der Waals surface area contributed by atoms with Crippen molar-refractivity contribution >= 4 is 15.6 Å². The summed E-state index contributed by atoms with van der Waals surface area (Å²) in [7, 11) is -3.21. The Hall–Kier alpha value is -0.420. The van der Waals surface area contributed by atoms with E-state index in [0.29, 0.717) is 18.9 Å². The Morgan fingerprint density at radius 3 is 1.90 bits per heavy atom. The predicted octanol–water partition coefficient (Wildman–Crippen LogP) is 2.95. The van der Waals surface area contributed by atoms with E-state index in [2.05, 4.69) is 20.8 Å². The summed E-state index contributed by atoms with van der Waals surface area (Å²) in [6, 6.07) is 0. The molecule has 21 heavy (non-hydrogen) atoms. The number of hydrogen-bond acceptors (Lipinski definition) is 4. The number of ketones is 1. The second-order valence-corrected chi connectivity index (χ2v) is 10.8. The van der Waals surface area contributed by atoms with E-state index in [-0.39, 0.29) is 23.4 Å². The standard InChI is InChI=1S/C16H33NO3S/c1-15(2,3)13(9-11-17)7-8-14(18)10-12-21(19,20)16(4,5)6/h13H,7-12,17H2,1-6H3. The van der Waals surface area contributed by atoms with Gasteiger partial charge in [0.15, 0.2) is 9.84 Å². The normalized spacial score (nSPS) is 15.0. The topological polar surface area (TPSA) is 77.2 Å². The molecule has 0 bridgehead atoms. The molecule has 0 saturated carbocycles. The summed E-state index contributed by atoms with van der Waals surface area (Å²) in [5.41, 5.74) is 5.75. The van der Waals surface area contributed by atoms with Crippen LogP contribution in [0.3, 0.4) is 0 Å². The lowest BCUT2D eigenvalue weighted by Gasteiger charge is -2.30. The SMILES string of the molecule is CC(C)(C)C(CCN)CCC(=O)CCS(=O)(=O)C(C)(C)C. The molecule has 5 heteroatoms. The Bertz CT molecular complexity index is 427. The number of sulfone groups is 1. The van der Waals surface area contributed by atoms with E-state index in [1.54, 1.807) is 20.8 Å². The summed E-state index contributed by atoms with van der Waals surface area (Å²) in [5.74, 6) is 0.381. The van der Waals surface area contributed by atoms with Gasteiger partial charge in [-0.15, -0.1) is 0 Å². The van der Waals surface area contributed by atoms with Gasteiger partial charge in [0.05, 0.1) is 10.5 Å². The fourth-order valence-electron chi connectivity index (χ4n) is 2.23. The van der Waals surface area contributed by atoms with Crippen LogP contribution in [0.25, 0.3) is 0 Å². The van der Waals surface area contributed by atoms with Crippen molar-refractivity contribution in [2.45, 2.75) is 72.0 Å². The number of hydrogen-bond donors (Lipinski definition) is 1. The van der Waals surface area contributed by atoms with E-state index < -0.39 is 14.6 Å². The number of carbonyl (C=O) groups excluding carboxylic acids is 1.